The van der Waals surface area contributed by atoms with Gasteiger partial charge in [0, 0.05) is 19.0 Å². The van der Waals surface area contributed by atoms with Gasteiger partial charge in [0.25, 0.3) is 0 Å². The Hall–Kier alpha value is -2.82. The minimum atomic E-state index is -0.166. The van der Waals surface area contributed by atoms with E-state index < -0.39 is 0 Å². The number of nitrogens with zero attached hydrogens (tertiary/aromatic N) is 2. The Balaban J connectivity index is 2.08. The van der Waals surface area contributed by atoms with Crippen molar-refractivity contribution in [3.63, 3.8) is 0 Å². The van der Waals surface area contributed by atoms with Crippen molar-refractivity contribution < 1.29 is 14.0 Å². The molecule has 0 aliphatic rings. The molecule has 0 spiro atoms. The summed E-state index contributed by atoms with van der Waals surface area (Å²) in [5, 5.41) is 0. The molecule has 5 nitrogen and oxygen atoms in total. The summed E-state index contributed by atoms with van der Waals surface area (Å²) in [5.41, 5.74) is 1.16. The summed E-state index contributed by atoms with van der Waals surface area (Å²) in [6.07, 6.45) is 3.99. The normalized spacial score (nSPS) is 10.6. The highest BCUT2D eigenvalue weighted by Crippen LogP contribution is 2.10. The van der Waals surface area contributed by atoms with E-state index in [-0.39, 0.29) is 24.3 Å². The first-order valence-electron chi connectivity index (χ1n) is 9.25. The molecule has 1 aromatic heterocycles. The summed E-state index contributed by atoms with van der Waals surface area (Å²) in [7, 11) is 0. The Morgan fingerprint density at radius 1 is 1.11 bits per heavy atom. The fourth-order valence-corrected chi connectivity index (χ4v) is 2.81. The molecule has 0 fully saturated rings. The van der Waals surface area contributed by atoms with Crippen molar-refractivity contribution in [1.82, 2.24) is 9.80 Å². The van der Waals surface area contributed by atoms with Gasteiger partial charge in [-0.1, -0.05) is 50.3 Å². The molecule has 144 valence electrons. The van der Waals surface area contributed by atoms with E-state index in [0.29, 0.717) is 19.6 Å². The average Bonchev–Trinajstić information content (AvgIpc) is 3.18. The van der Waals surface area contributed by atoms with Crippen LogP contribution in [-0.2, 0) is 22.6 Å². The van der Waals surface area contributed by atoms with Gasteiger partial charge in [-0.2, -0.15) is 0 Å². The number of hydrogen-bond acceptors (Lipinski definition) is 3. The van der Waals surface area contributed by atoms with E-state index in [1.54, 1.807) is 22.1 Å². The van der Waals surface area contributed by atoms with Crippen molar-refractivity contribution in [3.05, 3.63) is 72.7 Å². The summed E-state index contributed by atoms with van der Waals surface area (Å²) >= 11 is 0. The monoisotopic (exact) mass is 368 g/mol. The smallest absolute Gasteiger partial charge is 0.242 e. The third kappa shape index (κ3) is 6.44. The van der Waals surface area contributed by atoms with Crippen LogP contribution < -0.4 is 0 Å². The molecular weight excluding hydrogens is 340 g/mol. The predicted octanol–water partition coefficient (Wildman–Crippen LogP) is 3.52. The zero-order valence-corrected chi connectivity index (χ0v) is 16.1. The Morgan fingerprint density at radius 2 is 1.85 bits per heavy atom. The highest BCUT2D eigenvalue weighted by atomic mass is 16.3. The number of carbonyl (C=O) groups excluding carboxylic acids is 2. The third-order valence-electron chi connectivity index (χ3n) is 4.27. The van der Waals surface area contributed by atoms with Crippen molar-refractivity contribution >= 4 is 11.8 Å². The Morgan fingerprint density at radius 3 is 2.44 bits per heavy atom. The molecule has 0 radical (unpaired) electrons. The third-order valence-corrected chi connectivity index (χ3v) is 4.27. The second kappa shape index (κ2) is 10.4. The van der Waals surface area contributed by atoms with Crippen molar-refractivity contribution in [2.24, 2.45) is 5.92 Å². The van der Waals surface area contributed by atoms with Crippen LogP contribution in [0.25, 0.3) is 0 Å². The lowest BCUT2D eigenvalue weighted by molar-refractivity contribution is -0.142. The lowest BCUT2D eigenvalue weighted by Gasteiger charge is -2.27. The van der Waals surface area contributed by atoms with Crippen molar-refractivity contribution in [2.75, 3.05) is 19.6 Å². The number of hydrogen-bond donors (Lipinski definition) is 0. The highest BCUT2D eigenvalue weighted by Gasteiger charge is 2.22. The molecule has 0 aliphatic heterocycles. The minimum absolute atomic E-state index is 0.0402. The molecule has 0 unspecified atom stereocenters. The Labute approximate surface area is 161 Å². The highest BCUT2D eigenvalue weighted by molar-refractivity contribution is 5.85. The molecular formula is C22H28N2O3. The van der Waals surface area contributed by atoms with Crippen molar-refractivity contribution in [3.8, 4) is 0 Å². The van der Waals surface area contributed by atoms with E-state index in [0.717, 1.165) is 17.7 Å². The van der Waals surface area contributed by atoms with E-state index >= 15 is 0 Å². The zero-order valence-electron chi connectivity index (χ0n) is 16.1. The molecule has 5 heteroatoms. The second-order valence-corrected chi connectivity index (χ2v) is 6.79. The van der Waals surface area contributed by atoms with Gasteiger partial charge in [-0.05, 0) is 24.1 Å². The maximum Gasteiger partial charge on any atom is 0.242 e. The zero-order chi connectivity index (χ0) is 19.6. The van der Waals surface area contributed by atoms with Crippen LogP contribution in [0.3, 0.4) is 0 Å². The number of carbonyl (C=O) groups is 2. The fourth-order valence-electron chi connectivity index (χ4n) is 2.81. The second-order valence-electron chi connectivity index (χ2n) is 6.79. The van der Waals surface area contributed by atoms with Gasteiger partial charge >= 0.3 is 0 Å². The first-order chi connectivity index (χ1) is 13.0. The molecule has 2 amide bonds. The molecule has 0 atom stereocenters. The molecule has 0 bridgehead atoms. The maximum absolute atomic E-state index is 13.0. The maximum atomic E-state index is 13.0. The summed E-state index contributed by atoms with van der Waals surface area (Å²) < 4.78 is 5.41. The van der Waals surface area contributed by atoms with Crippen LogP contribution in [0, 0.1) is 5.92 Å². The van der Waals surface area contributed by atoms with Crippen LogP contribution in [0.4, 0.5) is 0 Å². The van der Waals surface area contributed by atoms with Gasteiger partial charge in [0.1, 0.15) is 12.3 Å². The van der Waals surface area contributed by atoms with Gasteiger partial charge in [-0.25, -0.2) is 0 Å². The van der Waals surface area contributed by atoms with E-state index in [1.807, 2.05) is 56.3 Å². The Kier molecular flexibility index (Phi) is 7.86. The van der Waals surface area contributed by atoms with Crippen molar-refractivity contribution in [2.45, 2.75) is 26.8 Å². The lowest BCUT2D eigenvalue weighted by Crippen LogP contribution is -2.44. The van der Waals surface area contributed by atoms with Crippen LogP contribution in [0.2, 0.25) is 0 Å². The molecule has 0 aliphatic carbocycles. The minimum Gasteiger partial charge on any atom is -0.467 e. The summed E-state index contributed by atoms with van der Waals surface area (Å²) in [5.74, 6) is 0.407. The molecule has 27 heavy (non-hydrogen) atoms. The van der Waals surface area contributed by atoms with E-state index in [4.69, 9.17) is 4.42 Å². The quantitative estimate of drug-likeness (QED) is 0.603. The van der Waals surface area contributed by atoms with E-state index in [9.17, 15) is 9.59 Å². The topological polar surface area (TPSA) is 53.8 Å². The summed E-state index contributed by atoms with van der Waals surface area (Å²) in [4.78, 5) is 28.6. The van der Waals surface area contributed by atoms with Crippen molar-refractivity contribution in [1.29, 1.82) is 0 Å². The lowest BCUT2D eigenvalue weighted by atomic mass is 10.1. The summed E-state index contributed by atoms with van der Waals surface area (Å²) in [6.45, 7) is 8.70. The number of furan rings is 1. The van der Waals surface area contributed by atoms with Crippen LogP contribution in [0.15, 0.2) is 65.8 Å². The van der Waals surface area contributed by atoms with Crippen LogP contribution in [-0.4, -0.2) is 41.2 Å². The molecule has 0 N–H and O–H groups in total. The first-order valence-corrected chi connectivity index (χ1v) is 9.25. The van der Waals surface area contributed by atoms with Gasteiger partial charge in [-0.15, -0.1) is 6.58 Å². The molecule has 0 saturated heterocycles. The van der Waals surface area contributed by atoms with Crippen LogP contribution >= 0.6 is 0 Å². The van der Waals surface area contributed by atoms with Gasteiger partial charge in [0.05, 0.1) is 12.8 Å². The van der Waals surface area contributed by atoms with Crippen LogP contribution in [0.5, 0.6) is 0 Å². The van der Waals surface area contributed by atoms with Gasteiger partial charge < -0.3 is 14.2 Å². The number of benzene rings is 1. The molecule has 2 aromatic rings. The SMILES string of the molecule is C=CCN(CC(=O)N(CCc1ccccc1)Cc1ccco1)C(=O)C(C)C. The molecule has 1 aromatic carbocycles. The van der Waals surface area contributed by atoms with Gasteiger partial charge in [0.2, 0.25) is 11.8 Å². The van der Waals surface area contributed by atoms with E-state index in [1.165, 1.54) is 0 Å². The Bertz CT molecular complexity index is 723. The fraction of sp³-hybridized carbons (Fsp3) is 0.364. The molecule has 1 heterocycles. The largest absolute Gasteiger partial charge is 0.467 e. The standard InChI is InChI=1S/C22H28N2O3/c1-4-13-24(22(26)18(2)3)17-21(25)23(16-20-11-8-15-27-20)14-12-19-9-6-5-7-10-19/h4-11,15,18H,1,12-14,16-17H2,2-3H3. The predicted molar refractivity (Wildman–Crippen MR) is 106 cm³/mol. The first kappa shape index (κ1) is 20.5. The number of amides is 2. The van der Waals surface area contributed by atoms with Gasteiger partial charge in [-0.3, -0.25) is 9.59 Å². The molecule has 0 saturated carbocycles. The van der Waals surface area contributed by atoms with Gasteiger partial charge in [0.15, 0.2) is 0 Å². The number of rotatable bonds is 10. The summed E-state index contributed by atoms with van der Waals surface area (Å²) in [6, 6.07) is 13.7. The van der Waals surface area contributed by atoms with Crippen LogP contribution in [0.1, 0.15) is 25.2 Å². The van der Waals surface area contributed by atoms with E-state index in [2.05, 4.69) is 6.58 Å². The molecule has 2 rings (SSSR count). The average molecular weight is 368 g/mol.